The highest BCUT2D eigenvalue weighted by atomic mass is 14.9. The highest BCUT2D eigenvalue weighted by molar-refractivity contribution is 5.97. The minimum atomic E-state index is -0.518. The van der Waals surface area contributed by atoms with E-state index in [-0.39, 0.29) is 0 Å². The Kier molecular flexibility index (Phi) is 6.83. The summed E-state index contributed by atoms with van der Waals surface area (Å²) in [6.07, 6.45) is 0. The van der Waals surface area contributed by atoms with Crippen molar-refractivity contribution >= 4 is 10.8 Å². The molecule has 2 aliphatic carbocycles. The molecule has 1 heterocycles. The van der Waals surface area contributed by atoms with Gasteiger partial charge in [-0.3, -0.25) is 0 Å². The Bertz CT molecular complexity index is 3020. The predicted octanol–water partition coefficient (Wildman–Crippen LogP) is 12.5. The van der Waals surface area contributed by atoms with Gasteiger partial charge in [0.1, 0.15) is 0 Å². The summed E-state index contributed by atoms with van der Waals surface area (Å²) in [4.78, 5) is 10.4. The van der Waals surface area contributed by atoms with Crippen LogP contribution in [0.2, 0.25) is 0 Å². The minimum Gasteiger partial charge on any atom is -0.228 e. The van der Waals surface area contributed by atoms with Gasteiger partial charge in [-0.1, -0.05) is 158 Å². The van der Waals surface area contributed by atoms with Gasteiger partial charge in [0.25, 0.3) is 0 Å². The Morgan fingerprint density at radius 1 is 0.364 bits per heavy atom. The van der Waals surface area contributed by atoms with Gasteiger partial charge in [0.15, 0.2) is 5.82 Å². The molecule has 0 radical (unpaired) electrons. The first-order valence-electron chi connectivity index (χ1n) is 18.6. The smallest absolute Gasteiger partial charge is 0.160 e. The molecule has 0 bridgehead atoms. The molecule has 3 heteroatoms. The van der Waals surface area contributed by atoms with E-state index in [1.54, 1.807) is 0 Å². The van der Waals surface area contributed by atoms with Crippen molar-refractivity contribution in [3.63, 3.8) is 0 Å². The summed E-state index contributed by atoms with van der Waals surface area (Å²) in [7, 11) is 0. The first kappa shape index (κ1) is 31.1. The maximum atomic E-state index is 9.99. The van der Waals surface area contributed by atoms with E-state index in [1.165, 1.54) is 44.2 Å². The van der Waals surface area contributed by atoms with Crippen LogP contribution in [0.1, 0.15) is 27.8 Å². The number of hydrogen-bond acceptors (Lipinski definition) is 3. The van der Waals surface area contributed by atoms with Crippen molar-refractivity contribution in [2.75, 3.05) is 0 Å². The average Bonchev–Trinajstić information content (AvgIpc) is 3.73. The van der Waals surface area contributed by atoms with Crippen LogP contribution in [0.25, 0.3) is 78.1 Å². The zero-order valence-corrected chi connectivity index (χ0v) is 29.7. The van der Waals surface area contributed by atoms with Crippen LogP contribution in [-0.4, -0.2) is 9.97 Å². The number of rotatable bonds is 4. The molecule has 3 nitrogen and oxygen atoms in total. The Morgan fingerprint density at radius 2 is 0.964 bits per heavy atom. The van der Waals surface area contributed by atoms with Gasteiger partial charge in [0.05, 0.1) is 28.4 Å². The summed E-state index contributed by atoms with van der Waals surface area (Å²) in [6.45, 7) is 0. The second-order valence-corrected chi connectivity index (χ2v) is 14.4. The van der Waals surface area contributed by atoms with Crippen LogP contribution in [0.3, 0.4) is 0 Å². The number of benzene rings is 8. The molecule has 2 aliphatic rings. The van der Waals surface area contributed by atoms with Crippen LogP contribution in [0.15, 0.2) is 188 Å². The number of fused-ring (bicyclic) bond motifs is 11. The van der Waals surface area contributed by atoms with Crippen molar-refractivity contribution in [2.24, 2.45) is 0 Å². The summed E-state index contributed by atoms with van der Waals surface area (Å²) >= 11 is 0. The predicted molar refractivity (Wildman–Crippen MR) is 222 cm³/mol. The molecule has 0 saturated carbocycles. The van der Waals surface area contributed by atoms with Crippen molar-refractivity contribution < 1.29 is 0 Å². The summed E-state index contributed by atoms with van der Waals surface area (Å²) in [5.74, 6) is 0.687. The van der Waals surface area contributed by atoms with E-state index in [1.807, 2.05) is 24.3 Å². The first-order chi connectivity index (χ1) is 27.2. The van der Waals surface area contributed by atoms with Crippen molar-refractivity contribution in [1.29, 1.82) is 5.26 Å². The summed E-state index contributed by atoms with van der Waals surface area (Å²) in [5.41, 5.74) is 16.9. The van der Waals surface area contributed by atoms with Crippen molar-refractivity contribution in [1.82, 2.24) is 9.97 Å². The topological polar surface area (TPSA) is 49.6 Å². The van der Waals surface area contributed by atoms with E-state index in [9.17, 15) is 5.26 Å². The summed E-state index contributed by atoms with van der Waals surface area (Å²) in [6, 6.07) is 69.1. The molecule has 0 amide bonds. The minimum absolute atomic E-state index is 0.518. The molecular weight excluding hydrogens is 667 g/mol. The maximum absolute atomic E-state index is 9.99. The van der Waals surface area contributed by atoms with Crippen LogP contribution in [0.5, 0.6) is 0 Å². The highest BCUT2D eigenvalue weighted by Gasteiger charge is 2.51. The fourth-order valence-corrected chi connectivity index (χ4v) is 9.14. The lowest BCUT2D eigenvalue weighted by molar-refractivity contribution is 0.794. The Morgan fingerprint density at radius 3 is 1.73 bits per heavy atom. The normalized spacial score (nSPS) is 12.9. The van der Waals surface area contributed by atoms with E-state index < -0.39 is 5.41 Å². The van der Waals surface area contributed by atoms with E-state index in [2.05, 4.69) is 170 Å². The molecule has 1 spiro atoms. The number of hydrogen-bond donors (Lipinski definition) is 0. The van der Waals surface area contributed by atoms with Gasteiger partial charge in [-0.25, -0.2) is 9.97 Å². The van der Waals surface area contributed by atoms with E-state index in [4.69, 9.17) is 9.97 Å². The fraction of sp³-hybridized carbons (Fsp3) is 0.0192. The van der Waals surface area contributed by atoms with Crippen LogP contribution < -0.4 is 0 Å². The standard InChI is InChI=1S/C52H31N3/c53-32-33-22-27-47-44(28-33)42-26-25-37(30-48(42)52(47)45-20-10-8-17-40(45)41-18-9-11-21-46(41)52)39-16-6-7-19-43(39)50-31-49(54-51(55-50)35-13-2-1-3-14-35)38-24-23-34-12-4-5-15-36(34)29-38/h1-31H. The van der Waals surface area contributed by atoms with Crippen molar-refractivity contribution in [3.8, 4) is 73.4 Å². The monoisotopic (exact) mass is 697 g/mol. The van der Waals surface area contributed by atoms with Crippen LogP contribution in [0.4, 0.5) is 0 Å². The molecule has 0 unspecified atom stereocenters. The molecule has 0 aliphatic heterocycles. The molecule has 1 aromatic heterocycles. The Balaban J connectivity index is 1.14. The average molecular weight is 698 g/mol. The molecule has 0 saturated heterocycles. The number of nitrogens with zero attached hydrogens (tertiary/aromatic N) is 3. The Hall–Kier alpha value is -7.41. The van der Waals surface area contributed by atoms with Gasteiger partial charge < -0.3 is 0 Å². The second-order valence-electron chi connectivity index (χ2n) is 14.4. The zero-order valence-electron chi connectivity index (χ0n) is 29.7. The lowest BCUT2D eigenvalue weighted by Crippen LogP contribution is -2.25. The van der Waals surface area contributed by atoms with Gasteiger partial charge in [0.2, 0.25) is 0 Å². The largest absolute Gasteiger partial charge is 0.228 e. The molecule has 0 atom stereocenters. The lowest BCUT2D eigenvalue weighted by Gasteiger charge is -2.30. The van der Waals surface area contributed by atoms with E-state index in [0.29, 0.717) is 11.4 Å². The van der Waals surface area contributed by atoms with Gasteiger partial charge in [-0.15, -0.1) is 0 Å². The zero-order chi connectivity index (χ0) is 36.5. The molecule has 0 fully saturated rings. The highest BCUT2D eigenvalue weighted by Crippen LogP contribution is 2.63. The second kappa shape index (κ2) is 12.1. The van der Waals surface area contributed by atoms with Crippen molar-refractivity contribution in [3.05, 3.63) is 216 Å². The number of aromatic nitrogens is 2. The lowest BCUT2D eigenvalue weighted by atomic mass is 9.70. The third-order valence-corrected chi connectivity index (χ3v) is 11.5. The van der Waals surface area contributed by atoms with E-state index >= 15 is 0 Å². The molecule has 55 heavy (non-hydrogen) atoms. The molecule has 8 aromatic carbocycles. The molecule has 11 rings (SSSR count). The first-order valence-corrected chi connectivity index (χ1v) is 18.6. The molecule has 0 N–H and O–H groups in total. The molecular formula is C52H31N3. The maximum Gasteiger partial charge on any atom is 0.160 e. The quantitative estimate of drug-likeness (QED) is 0.184. The van der Waals surface area contributed by atoms with Crippen molar-refractivity contribution in [2.45, 2.75) is 5.41 Å². The van der Waals surface area contributed by atoms with Crippen LogP contribution in [-0.2, 0) is 5.41 Å². The summed E-state index contributed by atoms with van der Waals surface area (Å²) < 4.78 is 0. The van der Waals surface area contributed by atoms with E-state index in [0.717, 1.165) is 50.3 Å². The van der Waals surface area contributed by atoms with Gasteiger partial charge in [0, 0.05) is 16.7 Å². The van der Waals surface area contributed by atoms with Gasteiger partial charge >= 0.3 is 0 Å². The SMILES string of the molecule is N#Cc1ccc2c(c1)-c1ccc(-c3ccccc3-c3cc(-c4ccc5ccccc5c4)nc(-c4ccccc4)n3)cc1C21c2ccccc2-c2ccccc21. The van der Waals surface area contributed by atoms with Gasteiger partial charge in [-0.2, -0.15) is 5.26 Å². The Labute approximate surface area is 319 Å². The number of nitriles is 1. The summed E-state index contributed by atoms with van der Waals surface area (Å²) in [5, 5.41) is 12.4. The molecule has 9 aromatic rings. The van der Waals surface area contributed by atoms with Gasteiger partial charge in [-0.05, 0) is 96.7 Å². The molecule has 254 valence electrons. The fourth-order valence-electron chi connectivity index (χ4n) is 9.14. The third kappa shape index (κ3) is 4.62. The third-order valence-electron chi connectivity index (χ3n) is 11.5. The van der Waals surface area contributed by atoms with Crippen LogP contribution in [0, 0.1) is 11.3 Å². The van der Waals surface area contributed by atoms with Crippen LogP contribution >= 0.6 is 0 Å².